The second-order valence-corrected chi connectivity index (χ2v) is 7.67. The number of anilines is 1. The third-order valence-corrected chi connectivity index (χ3v) is 6.16. The highest BCUT2D eigenvalue weighted by molar-refractivity contribution is 9.09. The van der Waals surface area contributed by atoms with E-state index in [1.165, 1.54) is 16.4 Å². The average Bonchev–Trinajstić information content (AvgIpc) is 2.49. The Morgan fingerprint density at radius 1 is 1.29 bits per heavy atom. The molecule has 1 saturated heterocycles. The summed E-state index contributed by atoms with van der Waals surface area (Å²) >= 11 is 9.09. The smallest absolute Gasteiger partial charge is 0.244 e. The van der Waals surface area contributed by atoms with Gasteiger partial charge in [-0.05, 0) is 31.0 Å². The normalized spacial score (nSPS) is 16.7. The van der Waals surface area contributed by atoms with Crippen molar-refractivity contribution in [1.29, 1.82) is 0 Å². The van der Waals surface area contributed by atoms with Crippen molar-refractivity contribution < 1.29 is 13.2 Å². The zero-order valence-electron chi connectivity index (χ0n) is 11.3. The number of benzene rings is 1. The highest BCUT2D eigenvalue weighted by Crippen LogP contribution is 2.29. The number of hydrogen-bond acceptors (Lipinski definition) is 3. The molecule has 116 valence electrons. The highest BCUT2D eigenvalue weighted by atomic mass is 79.9. The molecule has 1 aromatic rings. The second kappa shape index (κ2) is 7.09. The maximum absolute atomic E-state index is 12.6. The molecule has 1 heterocycles. The number of hydrogen-bond donors (Lipinski definition) is 1. The molecular weight excluding hydrogens is 380 g/mol. The molecule has 0 saturated carbocycles. The van der Waals surface area contributed by atoms with Crippen molar-refractivity contribution >= 4 is 49.1 Å². The van der Waals surface area contributed by atoms with E-state index in [1.807, 2.05) is 0 Å². The summed E-state index contributed by atoms with van der Waals surface area (Å²) < 4.78 is 26.7. The van der Waals surface area contributed by atoms with E-state index in [-0.39, 0.29) is 21.2 Å². The Labute approximate surface area is 137 Å². The first-order chi connectivity index (χ1) is 9.95. The van der Waals surface area contributed by atoms with Gasteiger partial charge in [-0.2, -0.15) is 4.31 Å². The number of carbonyl (C=O) groups is 1. The third kappa shape index (κ3) is 3.97. The van der Waals surface area contributed by atoms with Gasteiger partial charge in [0, 0.05) is 18.8 Å². The fourth-order valence-corrected chi connectivity index (χ4v) is 4.38. The summed E-state index contributed by atoms with van der Waals surface area (Å²) in [5, 5.41) is 2.91. The van der Waals surface area contributed by atoms with Crippen LogP contribution in [0.5, 0.6) is 0 Å². The molecule has 1 N–H and O–H groups in total. The Morgan fingerprint density at radius 2 is 1.95 bits per heavy atom. The van der Waals surface area contributed by atoms with Crippen molar-refractivity contribution in [3.8, 4) is 0 Å². The fourth-order valence-electron chi connectivity index (χ4n) is 2.22. The van der Waals surface area contributed by atoms with E-state index in [1.54, 1.807) is 6.07 Å². The van der Waals surface area contributed by atoms with Gasteiger partial charge in [-0.1, -0.05) is 34.0 Å². The van der Waals surface area contributed by atoms with Gasteiger partial charge in [0.25, 0.3) is 0 Å². The molecule has 0 aliphatic carbocycles. The summed E-state index contributed by atoms with van der Waals surface area (Å²) in [5.74, 6) is -0.251. The standard InChI is InChI=1S/C13H16BrClN2O3S/c14-9-13(18)16-10-4-5-11(15)12(8-10)21(19,20)17-6-2-1-3-7-17/h4-5,8H,1-3,6-7,9H2,(H,16,18). The molecule has 0 bridgehead atoms. The third-order valence-electron chi connectivity index (χ3n) is 3.27. The number of amides is 1. The van der Waals surface area contributed by atoms with E-state index in [0.717, 1.165) is 19.3 Å². The van der Waals surface area contributed by atoms with Gasteiger partial charge < -0.3 is 5.32 Å². The van der Waals surface area contributed by atoms with Crippen LogP contribution in [-0.4, -0.2) is 37.0 Å². The van der Waals surface area contributed by atoms with Crippen molar-refractivity contribution in [2.45, 2.75) is 24.2 Å². The van der Waals surface area contributed by atoms with Crippen LogP contribution in [0.15, 0.2) is 23.1 Å². The predicted molar refractivity (Wildman–Crippen MR) is 86.5 cm³/mol. The number of halogens is 2. The zero-order valence-corrected chi connectivity index (χ0v) is 14.5. The van der Waals surface area contributed by atoms with Crippen LogP contribution < -0.4 is 5.32 Å². The van der Waals surface area contributed by atoms with Crippen LogP contribution in [0.1, 0.15) is 19.3 Å². The lowest BCUT2D eigenvalue weighted by Gasteiger charge is -2.26. The van der Waals surface area contributed by atoms with Crippen LogP contribution in [0, 0.1) is 0 Å². The summed E-state index contributed by atoms with van der Waals surface area (Å²) in [6.07, 6.45) is 2.76. The minimum absolute atomic E-state index is 0.0402. The number of nitrogens with one attached hydrogen (secondary N) is 1. The molecule has 1 aliphatic heterocycles. The first-order valence-electron chi connectivity index (χ1n) is 6.60. The van der Waals surface area contributed by atoms with Gasteiger partial charge >= 0.3 is 0 Å². The molecule has 0 unspecified atom stereocenters. The van der Waals surface area contributed by atoms with Crippen LogP contribution in [0.2, 0.25) is 5.02 Å². The lowest BCUT2D eigenvalue weighted by molar-refractivity contribution is -0.113. The molecule has 1 amide bonds. The molecule has 1 aromatic carbocycles. The summed E-state index contributed by atoms with van der Waals surface area (Å²) in [4.78, 5) is 11.4. The van der Waals surface area contributed by atoms with Crippen molar-refractivity contribution in [2.24, 2.45) is 0 Å². The van der Waals surface area contributed by atoms with Gasteiger partial charge in [0.1, 0.15) is 4.90 Å². The van der Waals surface area contributed by atoms with E-state index in [4.69, 9.17) is 11.6 Å². The Kier molecular flexibility index (Phi) is 5.65. The van der Waals surface area contributed by atoms with Crippen LogP contribution in [0.4, 0.5) is 5.69 Å². The largest absolute Gasteiger partial charge is 0.325 e. The van der Waals surface area contributed by atoms with Gasteiger partial charge in [-0.3, -0.25) is 4.79 Å². The van der Waals surface area contributed by atoms with Gasteiger partial charge in [0.05, 0.1) is 10.4 Å². The van der Waals surface area contributed by atoms with Gasteiger partial charge in [-0.15, -0.1) is 0 Å². The van der Waals surface area contributed by atoms with Gasteiger partial charge in [0.2, 0.25) is 15.9 Å². The molecule has 0 atom stereocenters. The van der Waals surface area contributed by atoms with E-state index < -0.39 is 10.0 Å². The van der Waals surface area contributed by atoms with Crippen molar-refractivity contribution in [2.75, 3.05) is 23.7 Å². The predicted octanol–water partition coefficient (Wildman–Crippen LogP) is 2.85. The Balaban J connectivity index is 2.33. The van der Waals surface area contributed by atoms with Crippen LogP contribution in [-0.2, 0) is 14.8 Å². The molecule has 21 heavy (non-hydrogen) atoms. The summed E-state index contributed by atoms with van der Waals surface area (Å²) in [7, 11) is -3.62. The van der Waals surface area contributed by atoms with Crippen molar-refractivity contribution in [3.05, 3.63) is 23.2 Å². The molecule has 0 aromatic heterocycles. The maximum atomic E-state index is 12.6. The van der Waals surface area contributed by atoms with Crippen LogP contribution >= 0.6 is 27.5 Å². The molecule has 5 nitrogen and oxygen atoms in total. The second-order valence-electron chi connectivity index (χ2n) is 4.79. The number of rotatable bonds is 4. The van der Waals surface area contributed by atoms with Crippen molar-refractivity contribution in [3.63, 3.8) is 0 Å². The number of carbonyl (C=O) groups excluding carboxylic acids is 1. The maximum Gasteiger partial charge on any atom is 0.244 e. The zero-order chi connectivity index (χ0) is 15.5. The average molecular weight is 396 g/mol. The minimum atomic E-state index is -3.62. The molecule has 2 rings (SSSR count). The quantitative estimate of drug-likeness (QED) is 0.797. The van der Waals surface area contributed by atoms with Gasteiger partial charge in [-0.25, -0.2) is 8.42 Å². The topological polar surface area (TPSA) is 66.5 Å². The summed E-state index contributed by atoms with van der Waals surface area (Å²) in [6, 6.07) is 4.48. The first kappa shape index (κ1) is 16.7. The molecule has 1 aliphatic rings. The number of nitrogens with zero attached hydrogens (tertiary/aromatic N) is 1. The van der Waals surface area contributed by atoms with Crippen LogP contribution in [0.25, 0.3) is 0 Å². The molecule has 8 heteroatoms. The monoisotopic (exact) mass is 394 g/mol. The Morgan fingerprint density at radius 3 is 2.57 bits per heavy atom. The fraction of sp³-hybridized carbons (Fsp3) is 0.462. The summed E-state index contributed by atoms with van der Waals surface area (Å²) in [5.41, 5.74) is 0.416. The molecule has 0 spiro atoms. The lowest BCUT2D eigenvalue weighted by Crippen LogP contribution is -2.35. The van der Waals surface area contributed by atoms with Crippen LogP contribution in [0.3, 0.4) is 0 Å². The van der Waals surface area contributed by atoms with E-state index in [2.05, 4.69) is 21.2 Å². The number of piperidine rings is 1. The number of sulfonamides is 1. The molecule has 0 radical (unpaired) electrons. The SMILES string of the molecule is O=C(CBr)Nc1ccc(Cl)c(S(=O)(=O)N2CCCCC2)c1. The van der Waals surface area contributed by atoms with E-state index >= 15 is 0 Å². The van der Waals surface area contributed by atoms with E-state index in [0.29, 0.717) is 18.8 Å². The molecule has 1 fully saturated rings. The van der Waals surface area contributed by atoms with Gasteiger partial charge in [0.15, 0.2) is 0 Å². The minimum Gasteiger partial charge on any atom is -0.325 e. The van der Waals surface area contributed by atoms with Crippen molar-refractivity contribution in [1.82, 2.24) is 4.31 Å². The first-order valence-corrected chi connectivity index (χ1v) is 9.54. The summed E-state index contributed by atoms with van der Waals surface area (Å²) in [6.45, 7) is 1.02. The molecular formula is C13H16BrClN2O3S. The van der Waals surface area contributed by atoms with E-state index in [9.17, 15) is 13.2 Å². The lowest BCUT2D eigenvalue weighted by atomic mass is 10.2. The Bertz CT molecular complexity index is 630. The highest BCUT2D eigenvalue weighted by Gasteiger charge is 2.28. The Hall–Kier alpha value is -0.630. The number of alkyl halides is 1.